The molecule has 1 fully saturated rings. The van der Waals surface area contributed by atoms with E-state index in [4.69, 9.17) is 14.6 Å². The highest BCUT2D eigenvalue weighted by atomic mass is 16.5. The number of nitrogens with zero attached hydrogens (tertiary/aromatic N) is 3. The number of amides is 1. The summed E-state index contributed by atoms with van der Waals surface area (Å²) in [6, 6.07) is 16.1. The number of rotatable bonds is 8. The van der Waals surface area contributed by atoms with Crippen molar-refractivity contribution in [2.45, 2.75) is 57.5 Å². The molecule has 6 heteroatoms. The largest absolute Gasteiger partial charge is 0.496 e. The van der Waals surface area contributed by atoms with Crippen molar-refractivity contribution in [2.75, 3.05) is 27.3 Å². The van der Waals surface area contributed by atoms with Crippen LogP contribution in [0.5, 0.6) is 11.5 Å². The summed E-state index contributed by atoms with van der Waals surface area (Å²) in [4.78, 5) is 16.0. The molecule has 2 aliphatic rings. The molecule has 1 atom stereocenters. The van der Waals surface area contributed by atoms with Crippen LogP contribution >= 0.6 is 0 Å². The van der Waals surface area contributed by atoms with Gasteiger partial charge in [-0.05, 0) is 37.6 Å². The number of hydrazone groups is 1. The first kappa shape index (κ1) is 23.3. The molecule has 6 nitrogen and oxygen atoms in total. The van der Waals surface area contributed by atoms with E-state index < -0.39 is 0 Å². The molecule has 0 bridgehead atoms. The Kier molecular flexibility index (Phi) is 7.65. The highest BCUT2D eigenvalue weighted by Gasteiger charge is 2.36. The maximum atomic E-state index is 13.7. The van der Waals surface area contributed by atoms with E-state index in [1.54, 1.807) is 19.2 Å². The molecular formula is C27H35N3O3. The fourth-order valence-electron chi connectivity index (χ4n) is 5.16. The highest BCUT2D eigenvalue weighted by Crippen LogP contribution is 2.39. The van der Waals surface area contributed by atoms with Gasteiger partial charge in [0.25, 0.3) is 5.91 Å². The maximum Gasteiger partial charge on any atom is 0.257 e. The first-order valence-electron chi connectivity index (χ1n) is 12.1. The quantitative estimate of drug-likeness (QED) is 0.567. The third-order valence-electron chi connectivity index (χ3n) is 6.92. The van der Waals surface area contributed by atoms with Crippen molar-refractivity contribution in [1.29, 1.82) is 0 Å². The van der Waals surface area contributed by atoms with E-state index in [1.165, 1.54) is 32.1 Å². The number of benzene rings is 2. The Bertz CT molecular complexity index is 984. The number of carbonyl (C=O) groups is 1. The Morgan fingerprint density at radius 3 is 2.36 bits per heavy atom. The van der Waals surface area contributed by atoms with Crippen molar-refractivity contribution >= 4 is 11.6 Å². The van der Waals surface area contributed by atoms with Crippen LogP contribution in [0.4, 0.5) is 0 Å². The van der Waals surface area contributed by atoms with Gasteiger partial charge in [-0.25, -0.2) is 5.01 Å². The molecule has 0 aromatic heterocycles. The van der Waals surface area contributed by atoms with Crippen LogP contribution in [0.25, 0.3) is 0 Å². The lowest BCUT2D eigenvalue weighted by molar-refractivity contribution is -0.135. The summed E-state index contributed by atoms with van der Waals surface area (Å²) in [5.41, 5.74) is 2.76. The standard InChI is InChI=1S/C27H35N3O3/c1-4-29(20-12-6-5-7-13-20)19-27(31)30-24(22-15-9-11-17-26(22)33-3)18-23(28-30)21-14-8-10-16-25(21)32-2/h8-11,14-17,20,24H,4-7,12-13,18-19H2,1-3H3. The maximum absolute atomic E-state index is 13.7. The Hall–Kier alpha value is -2.86. The zero-order chi connectivity index (χ0) is 23.2. The van der Waals surface area contributed by atoms with Gasteiger partial charge in [0.05, 0.1) is 32.5 Å². The molecule has 4 rings (SSSR count). The van der Waals surface area contributed by atoms with Crippen molar-refractivity contribution in [2.24, 2.45) is 5.10 Å². The average Bonchev–Trinajstić information content (AvgIpc) is 3.33. The summed E-state index contributed by atoms with van der Waals surface area (Å²) in [5.74, 6) is 1.57. The number of ether oxygens (including phenoxy) is 2. The second-order valence-corrected chi connectivity index (χ2v) is 8.80. The van der Waals surface area contributed by atoms with Crippen LogP contribution in [0.1, 0.15) is 62.6 Å². The van der Waals surface area contributed by atoms with Crippen molar-refractivity contribution in [3.63, 3.8) is 0 Å². The highest BCUT2D eigenvalue weighted by molar-refractivity contribution is 6.05. The lowest BCUT2D eigenvalue weighted by Gasteiger charge is -2.34. The van der Waals surface area contributed by atoms with Crippen LogP contribution in [0.2, 0.25) is 0 Å². The van der Waals surface area contributed by atoms with E-state index in [9.17, 15) is 4.79 Å². The molecule has 176 valence electrons. The zero-order valence-corrected chi connectivity index (χ0v) is 20.0. The summed E-state index contributed by atoms with van der Waals surface area (Å²) >= 11 is 0. The topological polar surface area (TPSA) is 54.4 Å². The molecule has 33 heavy (non-hydrogen) atoms. The third kappa shape index (κ3) is 5.06. The van der Waals surface area contributed by atoms with E-state index in [0.717, 1.165) is 34.9 Å². The Morgan fingerprint density at radius 2 is 1.67 bits per heavy atom. The number of para-hydroxylation sites is 2. The summed E-state index contributed by atoms with van der Waals surface area (Å²) in [5, 5.41) is 6.56. The second kappa shape index (κ2) is 10.8. The first-order chi connectivity index (χ1) is 16.2. The van der Waals surface area contributed by atoms with E-state index in [-0.39, 0.29) is 11.9 Å². The van der Waals surface area contributed by atoms with E-state index >= 15 is 0 Å². The molecule has 2 aromatic carbocycles. The van der Waals surface area contributed by atoms with Crippen LogP contribution < -0.4 is 9.47 Å². The molecule has 1 amide bonds. The number of carbonyl (C=O) groups excluding carboxylic acids is 1. The fraction of sp³-hybridized carbons (Fsp3) is 0.481. The van der Waals surface area contributed by atoms with Gasteiger partial charge in [-0.3, -0.25) is 9.69 Å². The predicted molar refractivity (Wildman–Crippen MR) is 131 cm³/mol. The molecule has 1 heterocycles. The summed E-state index contributed by atoms with van der Waals surface area (Å²) in [7, 11) is 3.34. The summed E-state index contributed by atoms with van der Waals surface area (Å²) in [6.45, 7) is 3.40. The SMILES string of the molecule is CCN(CC(=O)N1N=C(c2ccccc2OC)CC1c1ccccc1OC)C1CCCCC1. The molecule has 0 N–H and O–H groups in total. The monoisotopic (exact) mass is 449 g/mol. The van der Waals surface area contributed by atoms with Gasteiger partial charge in [0.15, 0.2) is 0 Å². The van der Waals surface area contributed by atoms with E-state index in [1.807, 2.05) is 48.5 Å². The molecule has 0 saturated heterocycles. The van der Waals surface area contributed by atoms with Gasteiger partial charge < -0.3 is 9.47 Å². The number of likely N-dealkylation sites (N-methyl/N-ethyl adjacent to an activating group) is 1. The van der Waals surface area contributed by atoms with Crippen molar-refractivity contribution < 1.29 is 14.3 Å². The van der Waals surface area contributed by atoms with Gasteiger partial charge in [0, 0.05) is 23.6 Å². The minimum Gasteiger partial charge on any atom is -0.496 e. The summed E-state index contributed by atoms with van der Waals surface area (Å²) in [6.07, 6.45) is 6.76. The molecule has 1 unspecified atom stereocenters. The van der Waals surface area contributed by atoms with Gasteiger partial charge in [-0.1, -0.05) is 56.5 Å². The van der Waals surface area contributed by atoms with Crippen LogP contribution in [-0.2, 0) is 4.79 Å². The van der Waals surface area contributed by atoms with Crippen LogP contribution in [0, 0.1) is 0 Å². The molecule has 1 aliphatic carbocycles. The minimum absolute atomic E-state index is 0.0308. The van der Waals surface area contributed by atoms with Crippen molar-refractivity contribution in [1.82, 2.24) is 9.91 Å². The van der Waals surface area contributed by atoms with Gasteiger partial charge >= 0.3 is 0 Å². The fourth-order valence-corrected chi connectivity index (χ4v) is 5.16. The van der Waals surface area contributed by atoms with Crippen LogP contribution in [0.3, 0.4) is 0 Å². The Morgan fingerprint density at radius 1 is 1.00 bits per heavy atom. The lowest BCUT2D eigenvalue weighted by Crippen LogP contribution is -2.44. The molecule has 0 spiro atoms. The molecule has 0 radical (unpaired) electrons. The lowest BCUT2D eigenvalue weighted by atomic mass is 9.94. The smallest absolute Gasteiger partial charge is 0.257 e. The summed E-state index contributed by atoms with van der Waals surface area (Å²) < 4.78 is 11.2. The van der Waals surface area contributed by atoms with Gasteiger partial charge in [0.2, 0.25) is 0 Å². The number of hydrogen-bond acceptors (Lipinski definition) is 5. The molecule has 1 aliphatic heterocycles. The normalized spacial score (nSPS) is 19.0. The van der Waals surface area contributed by atoms with E-state index in [0.29, 0.717) is 19.0 Å². The predicted octanol–water partition coefficient (Wildman–Crippen LogP) is 5.04. The Labute approximate surface area is 197 Å². The number of methoxy groups -OCH3 is 2. The Balaban J connectivity index is 1.65. The first-order valence-corrected chi connectivity index (χ1v) is 12.1. The zero-order valence-electron chi connectivity index (χ0n) is 20.0. The van der Waals surface area contributed by atoms with Crippen molar-refractivity contribution in [3.05, 3.63) is 59.7 Å². The van der Waals surface area contributed by atoms with Crippen molar-refractivity contribution in [3.8, 4) is 11.5 Å². The third-order valence-corrected chi connectivity index (χ3v) is 6.92. The van der Waals surface area contributed by atoms with Crippen LogP contribution in [0.15, 0.2) is 53.6 Å². The second-order valence-electron chi connectivity index (χ2n) is 8.80. The van der Waals surface area contributed by atoms with Gasteiger partial charge in [-0.2, -0.15) is 5.10 Å². The van der Waals surface area contributed by atoms with E-state index in [2.05, 4.69) is 11.8 Å². The molecule has 2 aromatic rings. The average molecular weight is 450 g/mol. The van der Waals surface area contributed by atoms with Crippen LogP contribution in [-0.4, -0.2) is 54.9 Å². The van der Waals surface area contributed by atoms with Gasteiger partial charge in [-0.15, -0.1) is 0 Å². The molecule has 1 saturated carbocycles. The minimum atomic E-state index is -0.210. The number of hydrogen-bond donors (Lipinski definition) is 0. The molecular weight excluding hydrogens is 414 g/mol. The van der Waals surface area contributed by atoms with Gasteiger partial charge in [0.1, 0.15) is 11.5 Å².